The van der Waals surface area contributed by atoms with Gasteiger partial charge in [-0.15, -0.1) is 0 Å². The average Bonchev–Trinajstić information content (AvgIpc) is 2.87. The molecule has 1 N–H and O–H groups in total. The van der Waals surface area contributed by atoms with Gasteiger partial charge in [-0.25, -0.2) is 0 Å². The molecule has 23 heavy (non-hydrogen) atoms. The Hall–Kier alpha value is -2.73. The third-order valence-electron chi connectivity index (χ3n) is 3.80. The minimum Gasteiger partial charge on any atom is -0.391 e. The molecule has 0 aliphatic carbocycles. The number of benzene rings is 2. The molecule has 1 aromatic heterocycles. The van der Waals surface area contributed by atoms with Crippen LogP contribution in [0, 0.1) is 17.0 Å². The minimum absolute atomic E-state index is 0.0251. The van der Waals surface area contributed by atoms with Gasteiger partial charge in [-0.05, 0) is 23.3 Å². The fourth-order valence-corrected chi connectivity index (χ4v) is 2.70. The van der Waals surface area contributed by atoms with Crippen molar-refractivity contribution in [3.63, 3.8) is 0 Å². The number of nitro groups is 1. The Morgan fingerprint density at radius 2 is 2.00 bits per heavy atom. The standard InChI is InChI=1S/C17H17N3O3/c1-12-17(20(22)23)11-19(18-12)10-16(21)9-13-6-7-14-4-2-3-5-15(14)8-13/h2-8,11,16,21H,9-10H2,1H3. The molecule has 6 nitrogen and oxygen atoms in total. The van der Waals surface area contributed by atoms with Crippen LogP contribution in [0.1, 0.15) is 11.3 Å². The second-order valence-corrected chi connectivity index (χ2v) is 5.62. The Morgan fingerprint density at radius 1 is 1.26 bits per heavy atom. The zero-order valence-electron chi connectivity index (χ0n) is 12.7. The maximum atomic E-state index is 10.8. The third kappa shape index (κ3) is 3.37. The lowest BCUT2D eigenvalue weighted by Gasteiger charge is -2.11. The van der Waals surface area contributed by atoms with Crippen molar-refractivity contribution in [3.05, 3.63) is 70.0 Å². The molecule has 118 valence electrons. The van der Waals surface area contributed by atoms with Crippen LogP contribution in [0.5, 0.6) is 0 Å². The smallest absolute Gasteiger partial charge is 0.309 e. The van der Waals surface area contributed by atoms with E-state index in [9.17, 15) is 15.2 Å². The molecule has 0 radical (unpaired) electrons. The molecule has 0 aliphatic rings. The van der Waals surface area contributed by atoms with Gasteiger partial charge in [0.2, 0.25) is 0 Å². The van der Waals surface area contributed by atoms with E-state index < -0.39 is 11.0 Å². The summed E-state index contributed by atoms with van der Waals surface area (Å²) in [4.78, 5) is 10.4. The first-order valence-electron chi connectivity index (χ1n) is 7.37. The number of nitrogens with zero attached hydrogens (tertiary/aromatic N) is 3. The van der Waals surface area contributed by atoms with Crippen LogP contribution in [0.2, 0.25) is 0 Å². The van der Waals surface area contributed by atoms with Crippen LogP contribution in [-0.4, -0.2) is 25.9 Å². The van der Waals surface area contributed by atoms with Crippen LogP contribution in [0.15, 0.2) is 48.7 Å². The van der Waals surface area contributed by atoms with Crippen LogP contribution < -0.4 is 0 Å². The number of rotatable bonds is 5. The van der Waals surface area contributed by atoms with E-state index in [2.05, 4.69) is 11.2 Å². The number of fused-ring (bicyclic) bond motifs is 1. The third-order valence-corrected chi connectivity index (χ3v) is 3.80. The highest BCUT2D eigenvalue weighted by molar-refractivity contribution is 5.82. The van der Waals surface area contributed by atoms with Gasteiger partial charge in [-0.3, -0.25) is 14.8 Å². The van der Waals surface area contributed by atoms with Gasteiger partial charge in [0.05, 0.1) is 17.6 Å². The summed E-state index contributed by atoms with van der Waals surface area (Å²) >= 11 is 0. The molecule has 2 aromatic carbocycles. The van der Waals surface area contributed by atoms with Gasteiger partial charge in [0.25, 0.3) is 0 Å². The molecule has 1 heterocycles. The highest BCUT2D eigenvalue weighted by Gasteiger charge is 2.17. The van der Waals surface area contributed by atoms with E-state index in [-0.39, 0.29) is 12.2 Å². The molecule has 1 unspecified atom stereocenters. The number of hydrogen-bond acceptors (Lipinski definition) is 4. The Labute approximate surface area is 133 Å². The monoisotopic (exact) mass is 311 g/mol. The van der Waals surface area contributed by atoms with Gasteiger partial charge in [0, 0.05) is 6.42 Å². The van der Waals surface area contributed by atoms with E-state index in [1.165, 1.54) is 10.9 Å². The highest BCUT2D eigenvalue weighted by atomic mass is 16.6. The van der Waals surface area contributed by atoms with Crippen LogP contribution in [0.3, 0.4) is 0 Å². The van der Waals surface area contributed by atoms with Gasteiger partial charge in [-0.1, -0.05) is 42.5 Å². The van der Waals surface area contributed by atoms with Crippen molar-refractivity contribution >= 4 is 16.5 Å². The summed E-state index contributed by atoms with van der Waals surface area (Å²) in [6, 6.07) is 14.1. The summed E-state index contributed by atoms with van der Waals surface area (Å²) < 4.78 is 1.43. The summed E-state index contributed by atoms with van der Waals surface area (Å²) in [5, 5.41) is 27.4. The van der Waals surface area contributed by atoms with Crippen molar-refractivity contribution < 1.29 is 10.0 Å². The Morgan fingerprint density at radius 3 is 2.70 bits per heavy atom. The second kappa shape index (κ2) is 6.18. The van der Waals surface area contributed by atoms with Crippen molar-refractivity contribution in [2.24, 2.45) is 0 Å². The molecule has 1 atom stereocenters. The zero-order valence-corrected chi connectivity index (χ0v) is 12.7. The lowest BCUT2D eigenvalue weighted by atomic mass is 10.0. The quantitative estimate of drug-likeness (QED) is 0.580. The van der Waals surface area contributed by atoms with E-state index in [0.717, 1.165) is 16.3 Å². The van der Waals surface area contributed by atoms with Gasteiger partial charge in [0.1, 0.15) is 11.9 Å². The van der Waals surface area contributed by atoms with Crippen LogP contribution in [-0.2, 0) is 13.0 Å². The van der Waals surface area contributed by atoms with Crippen molar-refractivity contribution in [2.45, 2.75) is 26.0 Å². The fraction of sp³-hybridized carbons (Fsp3) is 0.235. The summed E-state index contributed by atoms with van der Waals surface area (Å²) in [5.74, 6) is 0. The molecule has 0 spiro atoms. The lowest BCUT2D eigenvalue weighted by molar-refractivity contribution is -0.385. The minimum atomic E-state index is -0.657. The Kier molecular flexibility index (Phi) is 4.08. The summed E-state index contributed by atoms with van der Waals surface area (Å²) in [6.45, 7) is 1.81. The zero-order chi connectivity index (χ0) is 16.4. The van der Waals surface area contributed by atoms with E-state index in [0.29, 0.717) is 12.1 Å². The number of hydrogen-bond donors (Lipinski definition) is 1. The van der Waals surface area contributed by atoms with E-state index >= 15 is 0 Å². The number of aryl methyl sites for hydroxylation is 1. The molecule has 0 bridgehead atoms. The lowest BCUT2D eigenvalue weighted by Crippen LogP contribution is -2.19. The topological polar surface area (TPSA) is 81.2 Å². The largest absolute Gasteiger partial charge is 0.391 e. The van der Waals surface area contributed by atoms with Gasteiger partial charge >= 0.3 is 5.69 Å². The molecule has 6 heteroatoms. The number of aliphatic hydroxyl groups is 1. The normalized spacial score (nSPS) is 12.4. The van der Waals surface area contributed by atoms with Crippen LogP contribution >= 0.6 is 0 Å². The fourth-order valence-electron chi connectivity index (χ4n) is 2.70. The molecule has 0 aliphatic heterocycles. The molecule has 0 saturated carbocycles. The number of aromatic nitrogens is 2. The van der Waals surface area contributed by atoms with Gasteiger partial charge in [0.15, 0.2) is 0 Å². The summed E-state index contributed by atoms with van der Waals surface area (Å²) in [7, 11) is 0. The Bertz CT molecular complexity index is 857. The first-order chi connectivity index (χ1) is 11.0. The SMILES string of the molecule is Cc1nn(CC(O)Cc2ccc3ccccc3c2)cc1[N+](=O)[O-]. The summed E-state index contributed by atoms with van der Waals surface area (Å²) in [5.41, 5.74) is 1.35. The average molecular weight is 311 g/mol. The maximum absolute atomic E-state index is 10.8. The highest BCUT2D eigenvalue weighted by Crippen LogP contribution is 2.18. The molecule has 3 rings (SSSR count). The Balaban J connectivity index is 1.71. The molecular weight excluding hydrogens is 294 g/mol. The molecule has 0 fully saturated rings. The number of aliphatic hydroxyl groups excluding tert-OH is 1. The van der Waals surface area contributed by atoms with E-state index in [1.807, 2.05) is 36.4 Å². The van der Waals surface area contributed by atoms with Crippen molar-refractivity contribution in [1.29, 1.82) is 0 Å². The predicted molar refractivity (Wildman–Crippen MR) is 87.3 cm³/mol. The maximum Gasteiger partial charge on any atom is 0.309 e. The van der Waals surface area contributed by atoms with Crippen molar-refractivity contribution in [3.8, 4) is 0 Å². The van der Waals surface area contributed by atoms with E-state index in [4.69, 9.17) is 0 Å². The molecular formula is C17H17N3O3. The first kappa shape index (κ1) is 15.2. The van der Waals surface area contributed by atoms with Gasteiger partial charge in [-0.2, -0.15) is 5.10 Å². The van der Waals surface area contributed by atoms with Gasteiger partial charge < -0.3 is 5.11 Å². The second-order valence-electron chi connectivity index (χ2n) is 5.62. The predicted octanol–water partition coefficient (Wildman–Crippen LogP) is 2.86. The first-order valence-corrected chi connectivity index (χ1v) is 7.37. The van der Waals surface area contributed by atoms with Crippen molar-refractivity contribution in [1.82, 2.24) is 9.78 Å². The van der Waals surface area contributed by atoms with Crippen LogP contribution in [0.25, 0.3) is 10.8 Å². The van der Waals surface area contributed by atoms with Crippen LogP contribution in [0.4, 0.5) is 5.69 Å². The molecule has 3 aromatic rings. The summed E-state index contributed by atoms with van der Waals surface area (Å²) in [6.07, 6.45) is 1.17. The van der Waals surface area contributed by atoms with E-state index in [1.54, 1.807) is 6.92 Å². The molecule has 0 saturated heterocycles. The van der Waals surface area contributed by atoms with Crippen molar-refractivity contribution in [2.75, 3.05) is 0 Å². The molecule has 0 amide bonds.